The number of rotatable bonds is 1. The van der Waals surface area contributed by atoms with Crippen molar-refractivity contribution in [3.63, 3.8) is 0 Å². The lowest BCUT2D eigenvalue weighted by Gasteiger charge is -2.39. The molecule has 0 aliphatic carbocycles. The molecule has 1 aliphatic rings. The molecule has 17 heavy (non-hydrogen) atoms. The molecule has 1 saturated heterocycles. The average molecular weight is 259 g/mol. The van der Waals surface area contributed by atoms with Crippen molar-refractivity contribution in [2.45, 2.75) is 13.0 Å². The first-order valence-corrected chi connectivity index (χ1v) is 5.93. The van der Waals surface area contributed by atoms with Gasteiger partial charge in [0, 0.05) is 31.7 Å². The molecule has 0 spiro atoms. The number of nitrogen functional groups attached to an aromatic ring is 1. The molecule has 4 nitrogen and oxygen atoms in total. The zero-order chi connectivity index (χ0) is 12.6. The van der Waals surface area contributed by atoms with Gasteiger partial charge in [0.05, 0.1) is 5.69 Å². The van der Waals surface area contributed by atoms with Crippen LogP contribution in [-0.4, -0.2) is 42.6 Å². The van der Waals surface area contributed by atoms with Crippen LogP contribution in [0.4, 0.5) is 15.9 Å². The summed E-state index contributed by atoms with van der Waals surface area (Å²) in [5.41, 5.74) is 5.89. The lowest BCUT2D eigenvalue weighted by atomic mass is 10.2. The molecule has 0 bridgehead atoms. The maximum absolute atomic E-state index is 13.4. The normalized spacial score (nSPS) is 21.9. The highest BCUT2D eigenvalue weighted by molar-refractivity contribution is 6.33. The molecule has 1 atom stereocenters. The summed E-state index contributed by atoms with van der Waals surface area (Å²) >= 11 is 5.66. The third-order valence-electron chi connectivity index (χ3n) is 3.06. The number of likely N-dealkylation sites (N-methyl/N-ethyl adjacent to an activating group) is 1. The molecule has 1 aliphatic heterocycles. The number of nitrogens with two attached hydrogens (primary N) is 1. The van der Waals surface area contributed by atoms with Crippen LogP contribution in [0.15, 0.2) is 6.07 Å². The van der Waals surface area contributed by atoms with Crippen LogP contribution in [0.2, 0.25) is 5.02 Å². The smallest absolute Gasteiger partial charge is 0.235 e. The molecule has 94 valence electrons. The van der Waals surface area contributed by atoms with Crippen molar-refractivity contribution in [3.8, 4) is 0 Å². The Bertz CT molecular complexity index is 403. The molecular formula is C11H16ClFN4. The Labute approximate surface area is 105 Å². The SMILES string of the molecule is C[C@H]1CN(C)CCN1c1cc(N)c(Cl)c(F)n1. The van der Waals surface area contributed by atoms with Crippen molar-refractivity contribution >= 4 is 23.1 Å². The minimum atomic E-state index is -0.701. The Morgan fingerprint density at radius 3 is 2.82 bits per heavy atom. The number of aromatic nitrogens is 1. The van der Waals surface area contributed by atoms with Gasteiger partial charge in [-0.05, 0) is 14.0 Å². The molecule has 1 aromatic heterocycles. The quantitative estimate of drug-likeness (QED) is 0.778. The number of hydrogen-bond acceptors (Lipinski definition) is 4. The lowest BCUT2D eigenvalue weighted by molar-refractivity contribution is 0.274. The number of nitrogens with zero attached hydrogens (tertiary/aromatic N) is 3. The molecule has 2 rings (SSSR count). The summed E-state index contributed by atoms with van der Waals surface area (Å²) in [4.78, 5) is 8.15. The molecule has 0 amide bonds. The van der Waals surface area contributed by atoms with Gasteiger partial charge in [-0.15, -0.1) is 0 Å². The van der Waals surface area contributed by atoms with Gasteiger partial charge < -0.3 is 15.5 Å². The standard InChI is InChI=1S/C11H16ClFN4/c1-7-6-16(2)3-4-17(7)9-5-8(14)10(12)11(13)15-9/h5,7H,3-4,6H2,1-2H3,(H2,14,15)/t7-/m0/s1. The number of halogens is 2. The van der Waals surface area contributed by atoms with Crippen molar-refractivity contribution < 1.29 is 4.39 Å². The van der Waals surface area contributed by atoms with Crippen molar-refractivity contribution in [1.82, 2.24) is 9.88 Å². The van der Waals surface area contributed by atoms with Crippen LogP contribution in [0.3, 0.4) is 0 Å². The summed E-state index contributed by atoms with van der Waals surface area (Å²) in [7, 11) is 2.07. The van der Waals surface area contributed by atoms with E-state index in [4.69, 9.17) is 17.3 Å². The first kappa shape index (κ1) is 12.4. The van der Waals surface area contributed by atoms with Gasteiger partial charge in [-0.3, -0.25) is 0 Å². The predicted molar refractivity (Wildman–Crippen MR) is 67.9 cm³/mol. The fourth-order valence-electron chi connectivity index (χ4n) is 2.13. The highest BCUT2D eigenvalue weighted by Gasteiger charge is 2.23. The van der Waals surface area contributed by atoms with Crippen molar-refractivity contribution in [2.24, 2.45) is 0 Å². The fourth-order valence-corrected chi connectivity index (χ4v) is 2.23. The van der Waals surface area contributed by atoms with E-state index in [9.17, 15) is 4.39 Å². The largest absolute Gasteiger partial charge is 0.397 e. The van der Waals surface area contributed by atoms with E-state index in [1.807, 2.05) is 0 Å². The number of pyridine rings is 1. The molecule has 2 heterocycles. The molecule has 6 heteroatoms. The third kappa shape index (κ3) is 2.45. The van der Waals surface area contributed by atoms with Crippen LogP contribution in [0.5, 0.6) is 0 Å². The first-order valence-electron chi connectivity index (χ1n) is 5.55. The summed E-state index contributed by atoms with van der Waals surface area (Å²) in [5.74, 6) is -0.141. The van der Waals surface area contributed by atoms with E-state index in [2.05, 4.69) is 28.8 Å². The second-order valence-corrected chi connectivity index (χ2v) is 4.86. The van der Waals surface area contributed by atoms with Gasteiger partial charge in [0.1, 0.15) is 10.8 Å². The minimum absolute atomic E-state index is 0.101. The maximum atomic E-state index is 13.4. The van der Waals surface area contributed by atoms with Crippen molar-refractivity contribution in [3.05, 3.63) is 17.0 Å². The summed E-state index contributed by atoms with van der Waals surface area (Å²) in [6.07, 6.45) is 0. The first-order chi connectivity index (χ1) is 7.99. The van der Waals surface area contributed by atoms with Gasteiger partial charge in [-0.2, -0.15) is 4.39 Å². The van der Waals surface area contributed by atoms with E-state index < -0.39 is 5.95 Å². The van der Waals surface area contributed by atoms with Gasteiger partial charge in [-0.1, -0.05) is 11.6 Å². The average Bonchev–Trinajstić information content (AvgIpc) is 2.25. The summed E-state index contributed by atoms with van der Waals surface area (Å²) in [5, 5.41) is -0.101. The van der Waals surface area contributed by atoms with Gasteiger partial charge in [0.2, 0.25) is 5.95 Å². The molecule has 0 radical (unpaired) electrons. The Balaban J connectivity index is 2.28. The molecule has 1 aromatic rings. The monoisotopic (exact) mass is 258 g/mol. The van der Waals surface area contributed by atoms with E-state index in [0.717, 1.165) is 19.6 Å². The molecule has 0 saturated carbocycles. The highest BCUT2D eigenvalue weighted by atomic mass is 35.5. The van der Waals surface area contributed by atoms with E-state index in [1.54, 1.807) is 6.07 Å². The molecule has 1 fully saturated rings. The van der Waals surface area contributed by atoms with Gasteiger partial charge in [-0.25, -0.2) is 4.98 Å². The Morgan fingerprint density at radius 1 is 1.53 bits per heavy atom. The Morgan fingerprint density at radius 2 is 2.24 bits per heavy atom. The summed E-state index contributed by atoms with van der Waals surface area (Å²) < 4.78 is 13.4. The van der Waals surface area contributed by atoms with Crippen LogP contribution in [0, 0.1) is 5.95 Å². The second-order valence-electron chi connectivity index (χ2n) is 4.48. The predicted octanol–water partition coefficient (Wildman–Crippen LogP) is 1.60. The van der Waals surface area contributed by atoms with Gasteiger partial charge in [0.15, 0.2) is 0 Å². The third-order valence-corrected chi connectivity index (χ3v) is 3.43. The lowest BCUT2D eigenvalue weighted by Crippen LogP contribution is -2.50. The number of anilines is 2. The van der Waals surface area contributed by atoms with E-state index in [-0.39, 0.29) is 16.8 Å². The zero-order valence-corrected chi connectivity index (χ0v) is 10.7. The van der Waals surface area contributed by atoms with Crippen LogP contribution in [-0.2, 0) is 0 Å². The second kappa shape index (κ2) is 4.66. The topological polar surface area (TPSA) is 45.4 Å². The van der Waals surface area contributed by atoms with Crippen LogP contribution < -0.4 is 10.6 Å². The van der Waals surface area contributed by atoms with E-state index >= 15 is 0 Å². The van der Waals surface area contributed by atoms with E-state index in [1.165, 1.54) is 0 Å². The van der Waals surface area contributed by atoms with Gasteiger partial charge in [0.25, 0.3) is 0 Å². The van der Waals surface area contributed by atoms with Crippen LogP contribution >= 0.6 is 11.6 Å². The summed E-state index contributed by atoms with van der Waals surface area (Å²) in [6.45, 7) is 4.74. The molecule has 0 aromatic carbocycles. The highest BCUT2D eigenvalue weighted by Crippen LogP contribution is 2.27. The van der Waals surface area contributed by atoms with Gasteiger partial charge >= 0.3 is 0 Å². The Hall–Kier alpha value is -1.07. The minimum Gasteiger partial charge on any atom is -0.397 e. The molecular weight excluding hydrogens is 243 g/mol. The summed E-state index contributed by atoms with van der Waals surface area (Å²) in [6, 6.07) is 1.91. The fraction of sp³-hybridized carbons (Fsp3) is 0.545. The maximum Gasteiger partial charge on any atom is 0.235 e. The van der Waals surface area contributed by atoms with Crippen LogP contribution in [0.25, 0.3) is 0 Å². The van der Waals surface area contributed by atoms with Crippen molar-refractivity contribution in [2.75, 3.05) is 37.3 Å². The van der Waals surface area contributed by atoms with E-state index in [0.29, 0.717) is 5.82 Å². The Kier molecular flexibility index (Phi) is 3.40. The number of hydrogen-bond donors (Lipinski definition) is 1. The zero-order valence-electron chi connectivity index (χ0n) is 9.95. The molecule has 2 N–H and O–H groups in total. The van der Waals surface area contributed by atoms with Crippen molar-refractivity contribution in [1.29, 1.82) is 0 Å². The van der Waals surface area contributed by atoms with Crippen LogP contribution in [0.1, 0.15) is 6.92 Å². The number of piperazine rings is 1. The molecule has 0 unspecified atom stereocenters.